The molecule has 4 heteroatoms. The summed E-state index contributed by atoms with van der Waals surface area (Å²) in [6.07, 6.45) is 0. The highest BCUT2D eigenvalue weighted by atomic mass is 16.2. The van der Waals surface area contributed by atoms with Crippen molar-refractivity contribution in [3.8, 4) is 0 Å². The maximum Gasteiger partial charge on any atom is 0.226 e. The van der Waals surface area contributed by atoms with Gasteiger partial charge in [0.05, 0.1) is 5.92 Å². The summed E-state index contributed by atoms with van der Waals surface area (Å²) >= 11 is 0. The Morgan fingerprint density at radius 3 is 2.43 bits per heavy atom. The zero-order valence-corrected chi connectivity index (χ0v) is 9.04. The molecule has 4 nitrogen and oxygen atoms in total. The molecule has 1 aliphatic heterocycles. The van der Waals surface area contributed by atoms with Gasteiger partial charge in [-0.15, -0.1) is 0 Å². The number of carbonyl (C=O) groups excluding carboxylic acids is 2. The summed E-state index contributed by atoms with van der Waals surface area (Å²) in [4.78, 5) is 24.0. The van der Waals surface area contributed by atoms with Crippen LogP contribution in [0.25, 0.3) is 0 Å². The molecule has 80 valence electrons. The van der Waals surface area contributed by atoms with E-state index in [2.05, 4.69) is 19.2 Å². The first-order valence-electron chi connectivity index (χ1n) is 5.04. The summed E-state index contributed by atoms with van der Waals surface area (Å²) < 4.78 is 0. The summed E-state index contributed by atoms with van der Waals surface area (Å²) in [7, 11) is 0. The van der Waals surface area contributed by atoms with Gasteiger partial charge in [-0.1, -0.05) is 13.8 Å². The fourth-order valence-corrected chi connectivity index (χ4v) is 1.35. The van der Waals surface area contributed by atoms with Crippen LogP contribution in [0.4, 0.5) is 0 Å². The second kappa shape index (κ2) is 4.44. The predicted octanol–water partition coefficient (Wildman–Crippen LogP) is 0.237. The van der Waals surface area contributed by atoms with E-state index in [0.717, 1.165) is 6.54 Å². The van der Waals surface area contributed by atoms with E-state index < -0.39 is 0 Å². The zero-order chi connectivity index (χ0) is 10.7. The van der Waals surface area contributed by atoms with Crippen LogP contribution in [-0.4, -0.2) is 36.3 Å². The van der Waals surface area contributed by atoms with Crippen molar-refractivity contribution in [3.63, 3.8) is 0 Å². The lowest BCUT2D eigenvalue weighted by Crippen LogP contribution is -2.55. The average Bonchev–Trinajstić information content (AvgIpc) is 1.97. The molecule has 0 aromatic heterocycles. The van der Waals surface area contributed by atoms with Crippen molar-refractivity contribution in [1.29, 1.82) is 0 Å². The molecular weight excluding hydrogens is 180 g/mol. The molecule has 2 amide bonds. The third-order valence-electron chi connectivity index (χ3n) is 2.38. The highest BCUT2D eigenvalue weighted by molar-refractivity contribution is 5.83. The van der Waals surface area contributed by atoms with Gasteiger partial charge in [0.1, 0.15) is 0 Å². The van der Waals surface area contributed by atoms with Crippen LogP contribution in [0.3, 0.4) is 0 Å². The minimum absolute atomic E-state index is 0.0117. The van der Waals surface area contributed by atoms with Gasteiger partial charge in [0.25, 0.3) is 0 Å². The molecular formula is C10H18N2O2. The Bertz CT molecular complexity index is 232. The number of likely N-dealkylation sites (tertiary alicyclic amines) is 1. The van der Waals surface area contributed by atoms with Crippen molar-refractivity contribution in [2.75, 3.05) is 19.6 Å². The molecule has 1 heterocycles. The molecule has 1 fully saturated rings. The Labute approximate surface area is 84.7 Å². The first-order chi connectivity index (χ1) is 6.50. The molecule has 0 aliphatic carbocycles. The lowest BCUT2D eigenvalue weighted by molar-refractivity contribution is -0.141. The van der Waals surface area contributed by atoms with Crippen molar-refractivity contribution in [1.82, 2.24) is 10.2 Å². The van der Waals surface area contributed by atoms with Gasteiger partial charge in [-0.05, 0) is 5.92 Å². The molecule has 1 rings (SSSR count). The molecule has 0 aromatic rings. The van der Waals surface area contributed by atoms with E-state index in [0.29, 0.717) is 19.0 Å². The highest BCUT2D eigenvalue weighted by Gasteiger charge is 2.33. The number of amides is 2. The van der Waals surface area contributed by atoms with Gasteiger partial charge in [0, 0.05) is 26.6 Å². The van der Waals surface area contributed by atoms with Crippen LogP contribution in [0.5, 0.6) is 0 Å². The Balaban J connectivity index is 2.19. The maximum atomic E-state index is 11.4. The first-order valence-corrected chi connectivity index (χ1v) is 5.04. The van der Waals surface area contributed by atoms with E-state index in [-0.39, 0.29) is 17.7 Å². The zero-order valence-electron chi connectivity index (χ0n) is 9.04. The molecule has 14 heavy (non-hydrogen) atoms. The van der Waals surface area contributed by atoms with E-state index in [1.54, 1.807) is 4.90 Å². The molecule has 0 aromatic carbocycles. The number of nitrogens with zero attached hydrogens (tertiary/aromatic N) is 1. The topological polar surface area (TPSA) is 49.4 Å². The number of carbonyl (C=O) groups is 2. The summed E-state index contributed by atoms with van der Waals surface area (Å²) in [6.45, 7) is 7.53. The largest absolute Gasteiger partial charge is 0.355 e. The maximum absolute atomic E-state index is 11.4. The quantitative estimate of drug-likeness (QED) is 0.706. The van der Waals surface area contributed by atoms with Gasteiger partial charge in [-0.2, -0.15) is 0 Å². The number of rotatable bonds is 3. The van der Waals surface area contributed by atoms with E-state index in [1.165, 1.54) is 6.92 Å². The van der Waals surface area contributed by atoms with Crippen LogP contribution in [-0.2, 0) is 9.59 Å². The van der Waals surface area contributed by atoms with Crippen LogP contribution in [0.15, 0.2) is 0 Å². The lowest BCUT2D eigenvalue weighted by Gasteiger charge is -2.37. The SMILES string of the molecule is CC(=O)N1CC(C(=O)NCC(C)C)C1. The molecule has 0 saturated carbocycles. The van der Waals surface area contributed by atoms with Gasteiger partial charge in [0.2, 0.25) is 11.8 Å². The molecule has 0 atom stereocenters. The van der Waals surface area contributed by atoms with Crippen LogP contribution in [0.1, 0.15) is 20.8 Å². The lowest BCUT2D eigenvalue weighted by atomic mass is 9.99. The third kappa shape index (κ3) is 2.72. The molecule has 0 spiro atoms. The Kier molecular flexibility index (Phi) is 3.49. The van der Waals surface area contributed by atoms with Gasteiger partial charge < -0.3 is 10.2 Å². The first kappa shape index (κ1) is 11.0. The third-order valence-corrected chi connectivity index (χ3v) is 2.38. The fourth-order valence-electron chi connectivity index (χ4n) is 1.35. The number of nitrogens with one attached hydrogen (secondary N) is 1. The second-order valence-corrected chi connectivity index (χ2v) is 4.26. The molecule has 0 radical (unpaired) electrons. The van der Waals surface area contributed by atoms with E-state index in [9.17, 15) is 9.59 Å². The van der Waals surface area contributed by atoms with Gasteiger partial charge in [0.15, 0.2) is 0 Å². The van der Waals surface area contributed by atoms with Crippen LogP contribution < -0.4 is 5.32 Å². The highest BCUT2D eigenvalue weighted by Crippen LogP contribution is 2.15. The van der Waals surface area contributed by atoms with Crippen molar-refractivity contribution in [2.45, 2.75) is 20.8 Å². The molecule has 1 aliphatic rings. The van der Waals surface area contributed by atoms with Crippen molar-refractivity contribution < 1.29 is 9.59 Å². The summed E-state index contributed by atoms with van der Waals surface area (Å²) in [5.41, 5.74) is 0. The minimum atomic E-state index is 0.0117. The standard InChI is InChI=1S/C10H18N2O2/c1-7(2)4-11-10(14)9-5-12(6-9)8(3)13/h7,9H,4-6H2,1-3H3,(H,11,14). The van der Waals surface area contributed by atoms with Crippen molar-refractivity contribution in [2.24, 2.45) is 11.8 Å². The smallest absolute Gasteiger partial charge is 0.226 e. The molecule has 1 saturated heterocycles. The van der Waals surface area contributed by atoms with Crippen molar-refractivity contribution in [3.05, 3.63) is 0 Å². The molecule has 1 N–H and O–H groups in total. The van der Waals surface area contributed by atoms with E-state index in [1.807, 2.05) is 0 Å². The Hall–Kier alpha value is -1.06. The van der Waals surface area contributed by atoms with Gasteiger partial charge in [-0.25, -0.2) is 0 Å². The normalized spacial score (nSPS) is 16.7. The van der Waals surface area contributed by atoms with Gasteiger partial charge in [-0.3, -0.25) is 9.59 Å². The fraction of sp³-hybridized carbons (Fsp3) is 0.800. The van der Waals surface area contributed by atoms with Gasteiger partial charge >= 0.3 is 0 Å². The number of hydrogen-bond acceptors (Lipinski definition) is 2. The summed E-state index contributed by atoms with van der Waals surface area (Å²) in [5.74, 6) is 0.620. The molecule has 0 unspecified atom stereocenters. The Morgan fingerprint density at radius 1 is 1.43 bits per heavy atom. The minimum Gasteiger partial charge on any atom is -0.355 e. The number of hydrogen-bond donors (Lipinski definition) is 1. The molecule has 0 bridgehead atoms. The summed E-state index contributed by atoms with van der Waals surface area (Å²) in [5, 5.41) is 2.87. The Morgan fingerprint density at radius 2 is 2.00 bits per heavy atom. The predicted molar refractivity (Wildman–Crippen MR) is 53.6 cm³/mol. The van der Waals surface area contributed by atoms with Crippen molar-refractivity contribution >= 4 is 11.8 Å². The van der Waals surface area contributed by atoms with Crippen LogP contribution in [0, 0.1) is 11.8 Å². The van der Waals surface area contributed by atoms with E-state index in [4.69, 9.17) is 0 Å². The van der Waals surface area contributed by atoms with E-state index >= 15 is 0 Å². The van der Waals surface area contributed by atoms with Crippen LogP contribution >= 0.6 is 0 Å². The van der Waals surface area contributed by atoms with Crippen LogP contribution in [0.2, 0.25) is 0 Å². The monoisotopic (exact) mass is 198 g/mol. The average molecular weight is 198 g/mol. The second-order valence-electron chi connectivity index (χ2n) is 4.26. The summed E-state index contributed by atoms with van der Waals surface area (Å²) in [6, 6.07) is 0.